The van der Waals surface area contributed by atoms with Gasteiger partial charge in [0.05, 0.1) is 0 Å². The fraction of sp³-hybridized carbons (Fsp3) is 0.846. The minimum absolute atomic E-state index is 0.0109. The van der Waals surface area contributed by atoms with E-state index in [9.17, 15) is 9.59 Å². The summed E-state index contributed by atoms with van der Waals surface area (Å²) in [6.45, 7) is 3.43. The van der Waals surface area contributed by atoms with Gasteiger partial charge in [-0.2, -0.15) is 5.11 Å². The van der Waals surface area contributed by atoms with Crippen LogP contribution in [0.1, 0.15) is 26.7 Å². The number of esters is 1. The van der Waals surface area contributed by atoms with Gasteiger partial charge in [-0.25, -0.2) is 10.3 Å². The summed E-state index contributed by atoms with van der Waals surface area (Å²) in [5, 5.41) is 3.18. The molecule has 2 aliphatic rings. The van der Waals surface area contributed by atoms with Crippen molar-refractivity contribution in [3.8, 4) is 0 Å². The summed E-state index contributed by atoms with van der Waals surface area (Å²) in [4.78, 5) is 22.9. The molecule has 0 aromatic rings. The Morgan fingerprint density at radius 3 is 2.74 bits per heavy atom. The van der Waals surface area contributed by atoms with E-state index in [4.69, 9.17) is 15.0 Å². The first-order valence-corrected chi connectivity index (χ1v) is 6.55. The summed E-state index contributed by atoms with van der Waals surface area (Å²) in [6, 6.07) is -0.790. The molecule has 2 aliphatic carbocycles. The van der Waals surface area contributed by atoms with Crippen LogP contribution in [-0.4, -0.2) is 37.1 Å². The van der Waals surface area contributed by atoms with Crippen LogP contribution in [0.25, 0.3) is 0 Å². The highest BCUT2D eigenvalue weighted by Crippen LogP contribution is 2.55. The van der Waals surface area contributed by atoms with Gasteiger partial charge in [0.1, 0.15) is 18.0 Å². The molecule has 2 bridgehead atoms. The molecule has 19 heavy (non-hydrogen) atoms. The number of methoxy groups -OCH3 is 1. The lowest BCUT2D eigenvalue weighted by Crippen LogP contribution is -2.52. The molecule has 0 aliphatic heterocycles. The van der Waals surface area contributed by atoms with E-state index in [0.29, 0.717) is 0 Å². The first-order valence-electron chi connectivity index (χ1n) is 6.55. The van der Waals surface area contributed by atoms with Crippen molar-refractivity contribution in [2.75, 3.05) is 7.11 Å². The number of nitrogens with one attached hydrogen (secondary N) is 1. The van der Waals surface area contributed by atoms with Crippen LogP contribution in [0.4, 0.5) is 0 Å². The molecule has 106 valence electrons. The van der Waals surface area contributed by atoms with E-state index in [1.807, 2.05) is 6.92 Å². The van der Waals surface area contributed by atoms with Gasteiger partial charge in [0.15, 0.2) is 6.04 Å². The molecule has 1 N–H and O–H groups in total. The summed E-state index contributed by atoms with van der Waals surface area (Å²) in [7, 11) is 1.59. The van der Waals surface area contributed by atoms with Crippen molar-refractivity contribution in [1.82, 2.24) is 0 Å². The average molecular weight is 268 g/mol. The molecule has 2 fully saturated rings. The Balaban J connectivity index is 2.16. The molecule has 6 heteroatoms. The van der Waals surface area contributed by atoms with E-state index in [2.05, 4.69) is 5.11 Å². The van der Waals surface area contributed by atoms with Gasteiger partial charge in [-0.1, -0.05) is 0 Å². The maximum atomic E-state index is 11.8. The molecule has 2 saturated carbocycles. The fourth-order valence-corrected chi connectivity index (χ4v) is 3.60. The van der Waals surface area contributed by atoms with Gasteiger partial charge in [-0.3, -0.25) is 0 Å². The first kappa shape index (κ1) is 14.1. The standard InChI is InChI=1S/C13H20N2O4/c1-7(15-14)12(17)19-11-8-4-9(6-16)10(5-8)13(11,2)18-3/h6-11,14H,4-5H2,1-3H3. The number of hydrogen-bond acceptors (Lipinski definition) is 6. The second-order valence-corrected chi connectivity index (χ2v) is 5.69. The van der Waals surface area contributed by atoms with Gasteiger partial charge in [-0.05, 0) is 32.6 Å². The lowest BCUT2D eigenvalue weighted by molar-refractivity contribution is -0.181. The van der Waals surface area contributed by atoms with Gasteiger partial charge >= 0.3 is 5.97 Å². The lowest BCUT2D eigenvalue weighted by atomic mass is 9.77. The van der Waals surface area contributed by atoms with E-state index < -0.39 is 17.6 Å². The van der Waals surface area contributed by atoms with Crippen molar-refractivity contribution in [1.29, 1.82) is 5.53 Å². The Hall–Kier alpha value is -1.30. The van der Waals surface area contributed by atoms with Gasteiger partial charge in [0, 0.05) is 18.9 Å². The summed E-state index contributed by atoms with van der Waals surface area (Å²) in [5.74, 6) is -0.255. The van der Waals surface area contributed by atoms with Crippen LogP contribution >= 0.6 is 0 Å². The highest BCUT2D eigenvalue weighted by atomic mass is 16.6. The van der Waals surface area contributed by atoms with E-state index in [1.165, 1.54) is 6.92 Å². The van der Waals surface area contributed by atoms with Crippen molar-refractivity contribution in [2.24, 2.45) is 22.9 Å². The van der Waals surface area contributed by atoms with Crippen LogP contribution < -0.4 is 0 Å². The quantitative estimate of drug-likeness (QED) is 0.465. The summed E-state index contributed by atoms with van der Waals surface area (Å²) in [5.41, 5.74) is 6.25. The smallest absolute Gasteiger partial charge is 0.332 e. The fourth-order valence-electron chi connectivity index (χ4n) is 3.60. The predicted molar refractivity (Wildman–Crippen MR) is 65.7 cm³/mol. The van der Waals surface area contributed by atoms with Crippen LogP contribution in [0.2, 0.25) is 0 Å². The summed E-state index contributed by atoms with van der Waals surface area (Å²) in [6.07, 6.45) is 2.23. The van der Waals surface area contributed by atoms with Crippen molar-refractivity contribution < 1.29 is 19.1 Å². The minimum Gasteiger partial charge on any atom is -0.457 e. The van der Waals surface area contributed by atoms with Gasteiger partial charge in [0.25, 0.3) is 0 Å². The monoisotopic (exact) mass is 268 g/mol. The molecule has 0 amide bonds. The SMILES string of the molecule is COC1(C)C2CC(CC2C=O)C1OC(=O)C(C)N=N. The van der Waals surface area contributed by atoms with Crippen molar-refractivity contribution >= 4 is 12.3 Å². The van der Waals surface area contributed by atoms with Crippen LogP contribution in [0.5, 0.6) is 0 Å². The highest BCUT2D eigenvalue weighted by molar-refractivity contribution is 5.75. The second kappa shape index (κ2) is 5.00. The average Bonchev–Trinajstić information content (AvgIpc) is 2.96. The Labute approximate surface area is 112 Å². The Kier molecular flexibility index (Phi) is 3.71. The van der Waals surface area contributed by atoms with Gasteiger partial charge in [-0.15, -0.1) is 0 Å². The molecule has 6 atom stereocenters. The molecule has 0 heterocycles. The number of nitrogens with zero attached hydrogens (tertiary/aromatic N) is 1. The third kappa shape index (κ3) is 2.08. The van der Waals surface area contributed by atoms with E-state index in [1.54, 1.807) is 7.11 Å². The zero-order chi connectivity index (χ0) is 14.2. The molecule has 0 radical (unpaired) electrons. The van der Waals surface area contributed by atoms with Crippen molar-refractivity contribution in [2.45, 2.75) is 44.4 Å². The maximum Gasteiger partial charge on any atom is 0.332 e. The Morgan fingerprint density at radius 2 is 2.21 bits per heavy atom. The van der Waals surface area contributed by atoms with Crippen LogP contribution in [0, 0.1) is 23.3 Å². The minimum atomic E-state index is -0.790. The molecule has 6 nitrogen and oxygen atoms in total. The molecule has 2 rings (SSSR count). The molecule has 0 aromatic heterocycles. The summed E-state index contributed by atoms with van der Waals surface area (Å²) < 4.78 is 11.1. The van der Waals surface area contributed by atoms with E-state index in [-0.39, 0.29) is 23.9 Å². The molecule has 0 aromatic carbocycles. The molecular formula is C13H20N2O4. The van der Waals surface area contributed by atoms with Crippen molar-refractivity contribution in [3.63, 3.8) is 0 Å². The van der Waals surface area contributed by atoms with Crippen molar-refractivity contribution in [3.05, 3.63) is 0 Å². The van der Waals surface area contributed by atoms with E-state index >= 15 is 0 Å². The van der Waals surface area contributed by atoms with Crippen LogP contribution in [-0.2, 0) is 19.1 Å². The number of carbonyl (C=O) groups is 2. The first-order chi connectivity index (χ1) is 8.97. The van der Waals surface area contributed by atoms with Crippen LogP contribution in [0.3, 0.4) is 0 Å². The largest absolute Gasteiger partial charge is 0.457 e. The van der Waals surface area contributed by atoms with E-state index in [0.717, 1.165) is 19.1 Å². The summed E-state index contributed by atoms with van der Waals surface area (Å²) >= 11 is 0. The molecule has 0 spiro atoms. The molecule has 0 saturated heterocycles. The Morgan fingerprint density at radius 1 is 1.53 bits per heavy atom. The highest BCUT2D eigenvalue weighted by Gasteiger charge is 2.62. The third-order valence-corrected chi connectivity index (χ3v) is 4.77. The maximum absolute atomic E-state index is 11.8. The zero-order valence-corrected chi connectivity index (χ0v) is 11.5. The third-order valence-electron chi connectivity index (χ3n) is 4.77. The zero-order valence-electron chi connectivity index (χ0n) is 11.5. The Bertz CT molecular complexity index is 400. The van der Waals surface area contributed by atoms with Gasteiger partial charge in [0.2, 0.25) is 0 Å². The normalized spacial score (nSPS) is 41.8. The number of rotatable bonds is 5. The second-order valence-electron chi connectivity index (χ2n) is 5.69. The van der Waals surface area contributed by atoms with Gasteiger partial charge < -0.3 is 14.3 Å². The molecule has 6 unspecified atom stereocenters. The predicted octanol–water partition coefficient (Wildman–Crippen LogP) is 1.58. The number of aldehydes is 1. The number of hydrogen-bond donors (Lipinski definition) is 1. The lowest BCUT2D eigenvalue weighted by Gasteiger charge is -2.41. The number of ether oxygens (including phenoxy) is 2. The molecular weight excluding hydrogens is 248 g/mol. The topological polar surface area (TPSA) is 88.8 Å². The van der Waals surface area contributed by atoms with Crippen LogP contribution in [0.15, 0.2) is 5.11 Å². The number of fused-ring (bicyclic) bond motifs is 2. The number of carbonyl (C=O) groups excluding carboxylic acids is 2.